The molecule has 1 heterocycles. The van der Waals surface area contributed by atoms with Gasteiger partial charge in [0.2, 0.25) is 0 Å². The number of nitrogens with one attached hydrogen (secondary N) is 1. The summed E-state index contributed by atoms with van der Waals surface area (Å²) in [7, 11) is 0. The van der Waals surface area contributed by atoms with Crippen LogP contribution in [0.15, 0.2) is 21.2 Å². The van der Waals surface area contributed by atoms with Crippen molar-refractivity contribution in [2.24, 2.45) is 5.92 Å². The smallest absolute Gasteiger partial charge is 0.0684 e. The zero-order chi connectivity index (χ0) is 12.3. The fourth-order valence-electron chi connectivity index (χ4n) is 2.45. The van der Waals surface area contributed by atoms with Gasteiger partial charge in [-0.25, -0.2) is 0 Å². The van der Waals surface area contributed by atoms with Gasteiger partial charge in [-0.15, -0.1) is 0 Å². The second-order valence-corrected chi connectivity index (χ2v) is 6.57. The van der Waals surface area contributed by atoms with Crippen molar-refractivity contribution >= 4 is 31.9 Å². The molecule has 1 aliphatic carbocycles. The van der Waals surface area contributed by atoms with Crippen molar-refractivity contribution in [1.82, 2.24) is 10.3 Å². The van der Waals surface area contributed by atoms with E-state index in [1.165, 1.54) is 25.7 Å². The normalized spacial score (nSPS) is 18.5. The summed E-state index contributed by atoms with van der Waals surface area (Å²) in [6, 6.07) is 2.64. The first-order valence-electron chi connectivity index (χ1n) is 6.20. The summed E-state index contributed by atoms with van der Waals surface area (Å²) >= 11 is 6.97. The van der Waals surface area contributed by atoms with Crippen molar-refractivity contribution in [1.29, 1.82) is 0 Å². The van der Waals surface area contributed by atoms with Crippen molar-refractivity contribution in [3.63, 3.8) is 0 Å². The lowest BCUT2D eigenvalue weighted by atomic mass is 10.00. The zero-order valence-corrected chi connectivity index (χ0v) is 13.2. The number of pyridine rings is 1. The van der Waals surface area contributed by atoms with E-state index in [9.17, 15) is 0 Å². The lowest BCUT2D eigenvalue weighted by Gasteiger charge is -2.20. The molecule has 1 N–H and O–H groups in total. The van der Waals surface area contributed by atoms with E-state index in [1.807, 2.05) is 12.3 Å². The van der Waals surface area contributed by atoms with Gasteiger partial charge in [-0.2, -0.15) is 0 Å². The van der Waals surface area contributed by atoms with Crippen molar-refractivity contribution < 1.29 is 0 Å². The molecule has 4 heteroatoms. The maximum Gasteiger partial charge on any atom is 0.0684 e. The molecule has 0 aromatic carbocycles. The highest BCUT2D eigenvalue weighted by atomic mass is 79.9. The van der Waals surface area contributed by atoms with Crippen LogP contribution >= 0.6 is 31.9 Å². The van der Waals surface area contributed by atoms with E-state index >= 15 is 0 Å². The summed E-state index contributed by atoms with van der Waals surface area (Å²) in [5.41, 5.74) is 1.08. The van der Waals surface area contributed by atoms with Gasteiger partial charge in [0, 0.05) is 27.7 Å². The third kappa shape index (κ3) is 3.76. The predicted molar refractivity (Wildman–Crippen MR) is 77.9 cm³/mol. The Labute approximate surface area is 120 Å². The Balaban J connectivity index is 1.88. The van der Waals surface area contributed by atoms with Crippen LogP contribution in [0.5, 0.6) is 0 Å². The quantitative estimate of drug-likeness (QED) is 0.865. The number of hydrogen-bond donors (Lipinski definition) is 1. The van der Waals surface area contributed by atoms with Gasteiger partial charge in [0.25, 0.3) is 0 Å². The molecule has 2 rings (SSSR count). The van der Waals surface area contributed by atoms with Gasteiger partial charge < -0.3 is 5.32 Å². The molecular formula is C13H18Br2N2. The van der Waals surface area contributed by atoms with Crippen LogP contribution in [0.3, 0.4) is 0 Å². The molecule has 1 fully saturated rings. The minimum atomic E-state index is 0.592. The molecule has 0 saturated heterocycles. The van der Waals surface area contributed by atoms with Gasteiger partial charge in [-0.3, -0.25) is 4.98 Å². The fourth-order valence-corrected chi connectivity index (χ4v) is 3.58. The molecule has 1 aliphatic rings. The number of aromatic nitrogens is 1. The molecule has 0 bridgehead atoms. The summed E-state index contributed by atoms with van der Waals surface area (Å²) in [4.78, 5) is 4.42. The number of hydrogen-bond acceptors (Lipinski definition) is 2. The Hall–Kier alpha value is 0.0700. The van der Waals surface area contributed by atoms with Gasteiger partial charge in [-0.05, 0) is 63.6 Å². The van der Waals surface area contributed by atoms with Gasteiger partial charge in [-0.1, -0.05) is 12.8 Å². The van der Waals surface area contributed by atoms with Crippen LogP contribution in [0.25, 0.3) is 0 Å². The number of nitrogens with zero attached hydrogens (tertiary/aromatic N) is 1. The molecule has 0 amide bonds. The van der Waals surface area contributed by atoms with E-state index in [-0.39, 0.29) is 0 Å². The SMILES string of the molecule is CC(NCc1ncc(Br)cc1Br)C1CCCC1. The summed E-state index contributed by atoms with van der Waals surface area (Å²) in [6.07, 6.45) is 7.40. The topological polar surface area (TPSA) is 24.9 Å². The highest BCUT2D eigenvalue weighted by molar-refractivity contribution is 9.11. The van der Waals surface area contributed by atoms with Crippen molar-refractivity contribution in [3.8, 4) is 0 Å². The van der Waals surface area contributed by atoms with Crippen LogP contribution in [0, 0.1) is 5.92 Å². The van der Waals surface area contributed by atoms with Crippen LogP contribution in [-0.2, 0) is 6.54 Å². The molecule has 1 aromatic heterocycles. The van der Waals surface area contributed by atoms with E-state index in [0.29, 0.717) is 6.04 Å². The fraction of sp³-hybridized carbons (Fsp3) is 0.615. The largest absolute Gasteiger partial charge is 0.308 e. The van der Waals surface area contributed by atoms with Crippen LogP contribution in [0.2, 0.25) is 0 Å². The van der Waals surface area contributed by atoms with Crippen LogP contribution in [0.1, 0.15) is 38.3 Å². The minimum absolute atomic E-state index is 0.592. The molecule has 1 atom stereocenters. The minimum Gasteiger partial charge on any atom is -0.308 e. The van der Waals surface area contributed by atoms with Crippen molar-refractivity contribution in [2.75, 3.05) is 0 Å². The predicted octanol–water partition coefficient (Wildman–Crippen LogP) is 4.27. The lowest BCUT2D eigenvalue weighted by molar-refractivity contribution is 0.378. The molecule has 1 unspecified atom stereocenters. The molecule has 0 radical (unpaired) electrons. The first kappa shape index (κ1) is 13.5. The molecule has 94 valence electrons. The second kappa shape index (κ2) is 6.30. The van der Waals surface area contributed by atoms with E-state index in [2.05, 4.69) is 49.1 Å². The number of halogens is 2. The molecule has 17 heavy (non-hydrogen) atoms. The van der Waals surface area contributed by atoms with E-state index in [1.54, 1.807) is 0 Å². The molecule has 0 spiro atoms. The van der Waals surface area contributed by atoms with Crippen molar-refractivity contribution in [3.05, 3.63) is 26.9 Å². The summed E-state index contributed by atoms with van der Waals surface area (Å²) in [6.45, 7) is 3.13. The standard InChI is InChI=1S/C13H18Br2N2/c1-9(10-4-2-3-5-10)16-8-13-12(15)6-11(14)7-17-13/h6-7,9-10,16H,2-5,8H2,1H3. The Morgan fingerprint density at radius 1 is 1.41 bits per heavy atom. The summed E-state index contributed by atoms with van der Waals surface area (Å²) in [5, 5.41) is 3.59. The third-order valence-electron chi connectivity index (χ3n) is 3.58. The average Bonchev–Trinajstić information content (AvgIpc) is 2.81. The Kier molecular flexibility index (Phi) is 5.00. The molecule has 1 aromatic rings. The lowest BCUT2D eigenvalue weighted by Crippen LogP contribution is -2.32. The third-order valence-corrected chi connectivity index (χ3v) is 4.70. The first-order valence-corrected chi connectivity index (χ1v) is 7.78. The second-order valence-electron chi connectivity index (χ2n) is 4.80. The van der Waals surface area contributed by atoms with Crippen molar-refractivity contribution in [2.45, 2.75) is 45.2 Å². The first-order chi connectivity index (χ1) is 8.16. The molecule has 0 aliphatic heterocycles. The summed E-state index contributed by atoms with van der Waals surface area (Å²) in [5.74, 6) is 0.851. The van der Waals surface area contributed by atoms with Crippen LogP contribution in [0.4, 0.5) is 0 Å². The number of rotatable bonds is 4. The maximum absolute atomic E-state index is 4.42. The molecule has 2 nitrogen and oxygen atoms in total. The Morgan fingerprint density at radius 3 is 2.76 bits per heavy atom. The van der Waals surface area contributed by atoms with Crippen LogP contribution in [-0.4, -0.2) is 11.0 Å². The monoisotopic (exact) mass is 360 g/mol. The molecule has 1 saturated carbocycles. The van der Waals surface area contributed by atoms with Crippen LogP contribution < -0.4 is 5.32 Å². The summed E-state index contributed by atoms with van der Waals surface area (Å²) < 4.78 is 2.08. The van der Waals surface area contributed by atoms with E-state index in [0.717, 1.165) is 27.1 Å². The molecular weight excluding hydrogens is 344 g/mol. The van der Waals surface area contributed by atoms with Gasteiger partial charge in [0.15, 0.2) is 0 Å². The highest BCUT2D eigenvalue weighted by Crippen LogP contribution is 2.28. The average molecular weight is 362 g/mol. The zero-order valence-electron chi connectivity index (χ0n) is 10.0. The highest BCUT2D eigenvalue weighted by Gasteiger charge is 2.21. The van der Waals surface area contributed by atoms with E-state index in [4.69, 9.17) is 0 Å². The van der Waals surface area contributed by atoms with E-state index < -0.39 is 0 Å². The Bertz CT molecular complexity index is 376. The van der Waals surface area contributed by atoms with Gasteiger partial charge in [0.05, 0.1) is 5.69 Å². The van der Waals surface area contributed by atoms with Gasteiger partial charge in [0.1, 0.15) is 0 Å². The maximum atomic E-state index is 4.42. The Morgan fingerprint density at radius 2 is 2.12 bits per heavy atom. The van der Waals surface area contributed by atoms with Gasteiger partial charge >= 0.3 is 0 Å².